The average Bonchev–Trinajstić information content (AvgIpc) is 3.42. The lowest BCUT2D eigenvalue weighted by molar-refractivity contribution is -0.115. The maximum absolute atomic E-state index is 12.5. The molecule has 146 valence electrons. The average molecular weight is 425 g/mol. The van der Waals surface area contributed by atoms with Gasteiger partial charge in [0.2, 0.25) is 5.89 Å². The molecule has 1 fully saturated rings. The summed E-state index contributed by atoms with van der Waals surface area (Å²) in [6, 6.07) is 10.9. The molecule has 2 amide bonds. The van der Waals surface area contributed by atoms with Gasteiger partial charge in [-0.1, -0.05) is 30.3 Å². The van der Waals surface area contributed by atoms with E-state index in [1.807, 2.05) is 24.4 Å². The number of Topliss-reactive ketones (excluding diaryl/α,β-unsaturated/α-hetero) is 1. The van der Waals surface area contributed by atoms with Gasteiger partial charge in [0.1, 0.15) is 5.76 Å². The molecule has 1 N–H and O–H groups in total. The molecule has 0 radical (unpaired) electrons. The predicted octanol–water partition coefficient (Wildman–Crippen LogP) is 4.85. The molecule has 0 spiro atoms. The Kier molecular flexibility index (Phi) is 5.46. The van der Waals surface area contributed by atoms with Crippen LogP contribution in [0.1, 0.15) is 33.8 Å². The number of aryl methyl sites for hydroxylation is 2. The van der Waals surface area contributed by atoms with Crippen LogP contribution in [0, 0.1) is 6.92 Å². The van der Waals surface area contributed by atoms with E-state index in [2.05, 4.69) is 10.3 Å². The van der Waals surface area contributed by atoms with E-state index in [0.29, 0.717) is 29.2 Å². The molecule has 1 saturated heterocycles. The molecular weight excluding hydrogens is 408 g/mol. The Morgan fingerprint density at radius 2 is 2.00 bits per heavy atom. The van der Waals surface area contributed by atoms with Crippen molar-refractivity contribution in [1.29, 1.82) is 0 Å². The quantitative estimate of drug-likeness (QED) is 0.449. The van der Waals surface area contributed by atoms with Crippen molar-refractivity contribution in [2.75, 3.05) is 0 Å². The zero-order chi connectivity index (χ0) is 20.4. The van der Waals surface area contributed by atoms with Gasteiger partial charge in [-0.25, -0.2) is 4.98 Å². The van der Waals surface area contributed by atoms with Crippen molar-refractivity contribution in [2.24, 2.45) is 0 Å². The van der Waals surface area contributed by atoms with Gasteiger partial charge in [0.05, 0.1) is 15.5 Å². The van der Waals surface area contributed by atoms with E-state index >= 15 is 0 Å². The summed E-state index contributed by atoms with van der Waals surface area (Å²) in [6.45, 7) is 1.86. The van der Waals surface area contributed by atoms with E-state index in [1.165, 1.54) is 0 Å². The highest BCUT2D eigenvalue weighted by atomic mass is 32.2. The number of nitrogens with zero attached hydrogens (tertiary/aromatic N) is 1. The highest BCUT2D eigenvalue weighted by molar-refractivity contribution is 8.18. The third-order valence-electron chi connectivity index (χ3n) is 4.39. The normalized spacial score (nSPS) is 15.1. The summed E-state index contributed by atoms with van der Waals surface area (Å²) in [6.07, 6.45) is 2.46. The van der Waals surface area contributed by atoms with Gasteiger partial charge in [0.25, 0.3) is 11.1 Å². The zero-order valence-corrected chi connectivity index (χ0v) is 17.1. The minimum absolute atomic E-state index is 0.00689. The Hall–Kier alpha value is -2.97. The van der Waals surface area contributed by atoms with E-state index in [0.717, 1.165) is 33.7 Å². The molecule has 3 aromatic rings. The van der Waals surface area contributed by atoms with E-state index in [-0.39, 0.29) is 11.0 Å². The second-order valence-corrected chi connectivity index (χ2v) is 8.36. The number of hydrogen-bond acceptors (Lipinski definition) is 7. The van der Waals surface area contributed by atoms with Gasteiger partial charge < -0.3 is 4.42 Å². The van der Waals surface area contributed by atoms with Crippen molar-refractivity contribution in [1.82, 2.24) is 10.3 Å². The number of thiophene rings is 1. The Morgan fingerprint density at radius 3 is 2.66 bits per heavy atom. The molecule has 3 heterocycles. The number of hydrogen-bond donors (Lipinski definition) is 1. The van der Waals surface area contributed by atoms with Gasteiger partial charge >= 0.3 is 0 Å². The number of carbonyl (C=O) groups is 3. The number of imide groups is 1. The molecule has 0 atom stereocenters. The predicted molar refractivity (Wildman–Crippen MR) is 113 cm³/mol. The molecule has 8 heteroatoms. The molecule has 29 heavy (non-hydrogen) atoms. The van der Waals surface area contributed by atoms with Crippen molar-refractivity contribution in [3.63, 3.8) is 0 Å². The van der Waals surface area contributed by atoms with E-state index < -0.39 is 5.91 Å². The molecule has 1 aromatic carbocycles. The Bertz CT molecular complexity index is 1110. The molecule has 0 saturated carbocycles. The van der Waals surface area contributed by atoms with Crippen LogP contribution in [0.25, 0.3) is 16.8 Å². The second-order valence-electron chi connectivity index (χ2n) is 6.40. The Labute approximate surface area is 175 Å². The van der Waals surface area contributed by atoms with E-state index in [9.17, 15) is 14.4 Å². The molecule has 4 rings (SSSR count). The first-order valence-corrected chi connectivity index (χ1v) is 10.6. The number of benzene rings is 1. The topological polar surface area (TPSA) is 89.3 Å². The van der Waals surface area contributed by atoms with Crippen LogP contribution < -0.4 is 5.32 Å². The molecule has 1 aliphatic rings. The van der Waals surface area contributed by atoms with Crippen LogP contribution >= 0.6 is 23.1 Å². The first kappa shape index (κ1) is 19.4. The van der Waals surface area contributed by atoms with Gasteiger partial charge in [-0.3, -0.25) is 19.7 Å². The molecule has 0 aliphatic carbocycles. The highest BCUT2D eigenvalue weighted by Gasteiger charge is 2.24. The van der Waals surface area contributed by atoms with Crippen LogP contribution in [0.5, 0.6) is 0 Å². The first-order chi connectivity index (χ1) is 14.0. The Balaban J connectivity index is 1.40. The fourth-order valence-electron chi connectivity index (χ4n) is 2.88. The van der Waals surface area contributed by atoms with Crippen LogP contribution in [0.3, 0.4) is 0 Å². The zero-order valence-electron chi connectivity index (χ0n) is 15.4. The Morgan fingerprint density at radius 1 is 1.21 bits per heavy atom. The smallest absolute Gasteiger partial charge is 0.290 e. The minimum atomic E-state index is -0.398. The maximum atomic E-state index is 12.5. The minimum Gasteiger partial charge on any atom is -0.440 e. The van der Waals surface area contributed by atoms with Gasteiger partial charge in [-0.15, -0.1) is 11.3 Å². The van der Waals surface area contributed by atoms with Crippen molar-refractivity contribution < 1.29 is 18.8 Å². The summed E-state index contributed by atoms with van der Waals surface area (Å²) in [7, 11) is 0. The summed E-state index contributed by atoms with van der Waals surface area (Å²) < 4.78 is 5.72. The second kappa shape index (κ2) is 8.18. The third kappa shape index (κ3) is 4.38. The highest BCUT2D eigenvalue weighted by Crippen LogP contribution is 2.27. The lowest BCUT2D eigenvalue weighted by Crippen LogP contribution is -2.17. The van der Waals surface area contributed by atoms with Gasteiger partial charge in [0, 0.05) is 18.4 Å². The maximum Gasteiger partial charge on any atom is 0.290 e. The summed E-state index contributed by atoms with van der Waals surface area (Å²) >= 11 is 2.43. The van der Waals surface area contributed by atoms with Crippen molar-refractivity contribution in [3.05, 3.63) is 69.3 Å². The monoisotopic (exact) mass is 424 g/mol. The number of rotatable bonds is 6. The number of aromatic nitrogens is 1. The van der Waals surface area contributed by atoms with E-state index in [1.54, 1.807) is 41.7 Å². The fraction of sp³-hybridized carbons (Fsp3) is 0.143. The fourth-order valence-corrected chi connectivity index (χ4v) is 4.21. The molecule has 0 bridgehead atoms. The number of carbonyl (C=O) groups excluding carboxylic acids is 3. The third-order valence-corrected chi connectivity index (χ3v) is 6.05. The number of nitrogens with one attached hydrogen (secondary N) is 1. The summed E-state index contributed by atoms with van der Waals surface area (Å²) in [5.74, 6) is 0.923. The molecular formula is C21H16N2O4S2. The SMILES string of the molecule is Cc1oc(-c2cccs2)nc1CCC(=O)c1ccc(/C=C2\SC(=O)NC2=O)cc1. The molecule has 1 aliphatic heterocycles. The lowest BCUT2D eigenvalue weighted by atomic mass is 10.0. The summed E-state index contributed by atoms with van der Waals surface area (Å²) in [5.41, 5.74) is 2.13. The standard InChI is InChI=1S/C21H16N2O4S2/c1-12-15(22-20(27-12)17-3-2-10-28-17)8-9-16(24)14-6-4-13(5-7-14)11-18-19(25)23-21(26)29-18/h2-7,10-11H,8-9H2,1H3,(H,23,25,26)/b18-11-. The van der Waals surface area contributed by atoms with Crippen molar-refractivity contribution >= 4 is 46.1 Å². The molecule has 2 aromatic heterocycles. The number of thioether (sulfide) groups is 1. The molecule has 6 nitrogen and oxygen atoms in total. The van der Waals surface area contributed by atoms with Crippen LogP contribution in [-0.4, -0.2) is 21.9 Å². The van der Waals surface area contributed by atoms with Crippen LogP contribution in [0.2, 0.25) is 0 Å². The van der Waals surface area contributed by atoms with E-state index in [4.69, 9.17) is 4.42 Å². The summed E-state index contributed by atoms with van der Waals surface area (Å²) in [5, 5.41) is 3.80. The number of amides is 2. The van der Waals surface area contributed by atoms with Crippen LogP contribution in [-0.2, 0) is 11.2 Å². The lowest BCUT2D eigenvalue weighted by Gasteiger charge is -2.02. The number of ketones is 1. The first-order valence-electron chi connectivity index (χ1n) is 8.88. The molecule has 0 unspecified atom stereocenters. The van der Waals surface area contributed by atoms with Gasteiger partial charge in [0.15, 0.2) is 5.78 Å². The largest absolute Gasteiger partial charge is 0.440 e. The van der Waals surface area contributed by atoms with Gasteiger partial charge in [-0.2, -0.15) is 0 Å². The summed E-state index contributed by atoms with van der Waals surface area (Å²) in [4.78, 5) is 41.2. The van der Waals surface area contributed by atoms with Crippen molar-refractivity contribution in [2.45, 2.75) is 19.8 Å². The van der Waals surface area contributed by atoms with Gasteiger partial charge in [-0.05, 0) is 41.8 Å². The van der Waals surface area contributed by atoms with Crippen LogP contribution in [0.15, 0.2) is 51.1 Å². The van der Waals surface area contributed by atoms with Crippen LogP contribution in [0.4, 0.5) is 4.79 Å². The van der Waals surface area contributed by atoms with Crippen molar-refractivity contribution in [3.8, 4) is 10.8 Å². The number of oxazole rings is 1.